The first-order valence-electron chi connectivity index (χ1n) is 7.79. The fraction of sp³-hybridized carbons (Fsp3) is 0.562. The van der Waals surface area contributed by atoms with Gasteiger partial charge in [0.15, 0.2) is 0 Å². The SMILES string of the molecule is C[C@H]1CCC[C@@H](C(=O)NCCS(=O)(=O)Nc2ccccc2)C1. The van der Waals surface area contributed by atoms with Crippen LogP contribution < -0.4 is 10.0 Å². The summed E-state index contributed by atoms with van der Waals surface area (Å²) in [6.45, 7) is 2.31. The number of carbonyl (C=O) groups excluding carboxylic acids is 1. The lowest BCUT2D eigenvalue weighted by Crippen LogP contribution is -2.37. The summed E-state index contributed by atoms with van der Waals surface area (Å²) in [4.78, 5) is 12.1. The van der Waals surface area contributed by atoms with Gasteiger partial charge in [0.1, 0.15) is 0 Å². The van der Waals surface area contributed by atoms with Crippen LogP contribution in [0.5, 0.6) is 0 Å². The molecule has 0 bridgehead atoms. The summed E-state index contributed by atoms with van der Waals surface area (Å²) in [5.41, 5.74) is 0.537. The van der Waals surface area contributed by atoms with E-state index in [0.717, 1.165) is 19.3 Å². The molecule has 0 saturated heterocycles. The number of hydrogen-bond acceptors (Lipinski definition) is 3. The number of nitrogens with one attached hydrogen (secondary N) is 2. The summed E-state index contributed by atoms with van der Waals surface area (Å²) >= 11 is 0. The van der Waals surface area contributed by atoms with Gasteiger partial charge in [0, 0.05) is 18.2 Å². The largest absolute Gasteiger partial charge is 0.355 e. The topological polar surface area (TPSA) is 75.3 Å². The molecule has 2 rings (SSSR count). The van der Waals surface area contributed by atoms with Gasteiger partial charge in [-0.2, -0.15) is 0 Å². The maximum Gasteiger partial charge on any atom is 0.234 e. The maximum absolute atomic E-state index is 12.1. The molecule has 0 radical (unpaired) electrons. The molecule has 1 saturated carbocycles. The number of sulfonamides is 1. The Bertz CT molecular complexity index is 587. The van der Waals surface area contributed by atoms with Crippen LogP contribution >= 0.6 is 0 Å². The standard InChI is InChI=1S/C16H24N2O3S/c1-13-6-5-7-14(12-13)16(19)17-10-11-22(20,21)18-15-8-3-2-4-9-15/h2-4,8-9,13-14,18H,5-7,10-12H2,1H3,(H,17,19)/t13-,14+/m0/s1. The van der Waals surface area contributed by atoms with Gasteiger partial charge in [-0.1, -0.05) is 38.0 Å². The molecular formula is C16H24N2O3S. The van der Waals surface area contributed by atoms with Gasteiger partial charge in [-0.25, -0.2) is 8.42 Å². The van der Waals surface area contributed by atoms with Gasteiger partial charge in [0.05, 0.1) is 5.75 Å². The molecule has 122 valence electrons. The third-order valence-electron chi connectivity index (χ3n) is 4.02. The number of benzene rings is 1. The predicted molar refractivity (Wildman–Crippen MR) is 88.0 cm³/mol. The van der Waals surface area contributed by atoms with Gasteiger partial charge in [0.2, 0.25) is 15.9 Å². The van der Waals surface area contributed by atoms with E-state index in [-0.39, 0.29) is 24.1 Å². The number of carbonyl (C=O) groups is 1. The first kappa shape index (κ1) is 16.8. The fourth-order valence-corrected chi connectivity index (χ4v) is 3.83. The summed E-state index contributed by atoms with van der Waals surface area (Å²) in [6.07, 6.45) is 4.07. The van der Waals surface area contributed by atoms with E-state index in [1.807, 2.05) is 6.07 Å². The van der Waals surface area contributed by atoms with Crippen LogP contribution in [-0.4, -0.2) is 26.6 Å². The highest BCUT2D eigenvalue weighted by Gasteiger charge is 2.25. The normalized spacial score (nSPS) is 22.0. The third-order valence-corrected chi connectivity index (χ3v) is 5.31. The average molecular weight is 324 g/mol. The molecule has 22 heavy (non-hydrogen) atoms. The highest BCUT2D eigenvalue weighted by molar-refractivity contribution is 7.92. The molecule has 1 aromatic carbocycles. The highest BCUT2D eigenvalue weighted by atomic mass is 32.2. The van der Waals surface area contributed by atoms with Gasteiger partial charge in [-0.05, 0) is 30.9 Å². The van der Waals surface area contributed by atoms with Crippen molar-refractivity contribution in [3.05, 3.63) is 30.3 Å². The minimum atomic E-state index is -3.44. The van der Waals surface area contributed by atoms with Crippen LogP contribution in [0.15, 0.2) is 30.3 Å². The van der Waals surface area contributed by atoms with Crippen molar-refractivity contribution >= 4 is 21.6 Å². The molecule has 1 aromatic rings. The molecule has 0 heterocycles. The molecule has 0 aromatic heterocycles. The van der Waals surface area contributed by atoms with Gasteiger partial charge < -0.3 is 5.32 Å². The molecule has 1 aliphatic carbocycles. The Morgan fingerprint density at radius 3 is 2.64 bits per heavy atom. The highest BCUT2D eigenvalue weighted by Crippen LogP contribution is 2.28. The number of rotatable bonds is 6. The van der Waals surface area contributed by atoms with Crippen molar-refractivity contribution < 1.29 is 13.2 Å². The van der Waals surface area contributed by atoms with Crippen LogP contribution in [0.2, 0.25) is 0 Å². The van der Waals surface area contributed by atoms with Crippen molar-refractivity contribution in [2.75, 3.05) is 17.0 Å². The Morgan fingerprint density at radius 1 is 1.23 bits per heavy atom. The van der Waals surface area contributed by atoms with Crippen LogP contribution in [0, 0.1) is 11.8 Å². The number of amides is 1. The second-order valence-electron chi connectivity index (χ2n) is 6.05. The van der Waals surface area contributed by atoms with E-state index in [0.29, 0.717) is 11.6 Å². The maximum atomic E-state index is 12.1. The van der Waals surface area contributed by atoms with Gasteiger partial charge in [0.25, 0.3) is 0 Å². The molecule has 1 amide bonds. The zero-order valence-corrected chi connectivity index (χ0v) is 13.7. The van der Waals surface area contributed by atoms with Gasteiger partial charge in [-0.15, -0.1) is 0 Å². The van der Waals surface area contributed by atoms with Crippen LogP contribution in [-0.2, 0) is 14.8 Å². The molecule has 2 N–H and O–H groups in total. The first-order valence-corrected chi connectivity index (χ1v) is 9.45. The molecule has 1 fully saturated rings. The van der Waals surface area contributed by atoms with E-state index < -0.39 is 10.0 Å². The van der Waals surface area contributed by atoms with E-state index in [1.54, 1.807) is 24.3 Å². The number of para-hydroxylation sites is 1. The Morgan fingerprint density at radius 2 is 1.95 bits per heavy atom. The second kappa shape index (κ2) is 7.63. The molecular weight excluding hydrogens is 300 g/mol. The molecule has 2 atom stereocenters. The third kappa shape index (κ3) is 5.33. The lowest BCUT2D eigenvalue weighted by Gasteiger charge is -2.25. The van der Waals surface area contributed by atoms with Crippen molar-refractivity contribution in [3.8, 4) is 0 Å². The minimum absolute atomic E-state index is 0.0125. The Hall–Kier alpha value is -1.56. The summed E-state index contributed by atoms with van der Waals surface area (Å²) in [5, 5.41) is 2.76. The smallest absolute Gasteiger partial charge is 0.234 e. The van der Waals surface area contributed by atoms with Gasteiger partial charge >= 0.3 is 0 Å². The van der Waals surface area contributed by atoms with Crippen molar-refractivity contribution in [2.45, 2.75) is 32.6 Å². The van der Waals surface area contributed by atoms with Crippen LogP contribution in [0.1, 0.15) is 32.6 Å². The van der Waals surface area contributed by atoms with Crippen molar-refractivity contribution in [3.63, 3.8) is 0 Å². The van der Waals surface area contributed by atoms with E-state index in [2.05, 4.69) is 17.0 Å². The van der Waals surface area contributed by atoms with Crippen molar-refractivity contribution in [2.24, 2.45) is 11.8 Å². The predicted octanol–water partition coefficient (Wildman–Crippen LogP) is 2.37. The van der Waals surface area contributed by atoms with Crippen LogP contribution in [0.25, 0.3) is 0 Å². The monoisotopic (exact) mass is 324 g/mol. The Labute approximate surface area is 132 Å². The fourth-order valence-electron chi connectivity index (χ4n) is 2.86. The first-order chi connectivity index (χ1) is 10.5. The average Bonchev–Trinajstić information content (AvgIpc) is 2.47. The minimum Gasteiger partial charge on any atom is -0.355 e. The molecule has 1 aliphatic rings. The Kier molecular flexibility index (Phi) is 5.83. The lowest BCUT2D eigenvalue weighted by atomic mass is 9.82. The van der Waals surface area contributed by atoms with Crippen LogP contribution in [0.4, 0.5) is 5.69 Å². The van der Waals surface area contributed by atoms with E-state index >= 15 is 0 Å². The van der Waals surface area contributed by atoms with E-state index in [1.165, 1.54) is 6.42 Å². The second-order valence-corrected chi connectivity index (χ2v) is 7.89. The summed E-state index contributed by atoms with van der Waals surface area (Å²) in [5.74, 6) is 0.485. The summed E-state index contributed by atoms with van der Waals surface area (Å²) in [7, 11) is -3.44. The van der Waals surface area contributed by atoms with Gasteiger partial charge in [-0.3, -0.25) is 9.52 Å². The number of hydrogen-bond donors (Lipinski definition) is 2. The summed E-state index contributed by atoms with van der Waals surface area (Å²) in [6, 6.07) is 8.75. The lowest BCUT2D eigenvalue weighted by molar-refractivity contribution is -0.126. The van der Waals surface area contributed by atoms with E-state index in [9.17, 15) is 13.2 Å². The molecule has 0 spiro atoms. The Balaban J connectivity index is 1.76. The van der Waals surface area contributed by atoms with Crippen molar-refractivity contribution in [1.29, 1.82) is 0 Å². The molecule has 5 nitrogen and oxygen atoms in total. The number of anilines is 1. The van der Waals surface area contributed by atoms with E-state index in [4.69, 9.17) is 0 Å². The van der Waals surface area contributed by atoms with Crippen molar-refractivity contribution in [1.82, 2.24) is 5.32 Å². The molecule has 0 unspecified atom stereocenters. The quantitative estimate of drug-likeness (QED) is 0.843. The summed E-state index contributed by atoms with van der Waals surface area (Å²) < 4.78 is 26.4. The zero-order valence-electron chi connectivity index (χ0n) is 12.9. The van der Waals surface area contributed by atoms with Crippen LogP contribution in [0.3, 0.4) is 0 Å². The molecule has 0 aliphatic heterocycles. The zero-order chi connectivity index (χ0) is 16.0. The molecule has 6 heteroatoms.